The smallest absolute Gasteiger partial charge is 0.247 e. The van der Waals surface area contributed by atoms with Crippen LogP contribution in [0.3, 0.4) is 0 Å². The van der Waals surface area contributed by atoms with Crippen molar-refractivity contribution in [3.05, 3.63) is 60.2 Å². The van der Waals surface area contributed by atoms with Gasteiger partial charge in [-0.1, -0.05) is 12.1 Å². The normalized spacial score (nSPS) is 12.0. The molecule has 0 aliphatic carbocycles. The van der Waals surface area contributed by atoms with Crippen molar-refractivity contribution in [3.63, 3.8) is 0 Å². The van der Waals surface area contributed by atoms with Crippen LogP contribution in [-0.4, -0.2) is 15.1 Å². The minimum Gasteiger partial charge on any atom is -0.503 e. The minimum absolute atomic E-state index is 0.200. The van der Waals surface area contributed by atoms with Gasteiger partial charge in [-0.2, -0.15) is 0 Å². The van der Waals surface area contributed by atoms with E-state index in [1.165, 1.54) is 12.4 Å². The standard InChI is InChI=1S/C12H9N2O2/c15-11(9-5-1-3-7-13-9)12(16)10-6-2-4-8-14-10/h1-8,15H. The molecule has 0 atom stereocenters. The number of pyridine rings is 2. The third kappa shape index (κ3) is 2.00. The van der Waals surface area contributed by atoms with Crippen molar-refractivity contribution in [3.8, 4) is 0 Å². The molecule has 1 N–H and O–H groups in total. The summed E-state index contributed by atoms with van der Waals surface area (Å²) in [6.45, 7) is 0. The molecule has 2 aromatic rings. The lowest BCUT2D eigenvalue weighted by Gasteiger charge is -2.00. The highest BCUT2D eigenvalue weighted by Gasteiger charge is 2.12. The van der Waals surface area contributed by atoms with E-state index in [0.717, 1.165) is 0 Å². The predicted molar refractivity (Wildman–Crippen MR) is 58.6 cm³/mol. The van der Waals surface area contributed by atoms with E-state index < -0.39 is 5.76 Å². The highest BCUT2D eigenvalue weighted by Crippen LogP contribution is 2.19. The van der Waals surface area contributed by atoms with Crippen molar-refractivity contribution in [2.45, 2.75) is 0 Å². The van der Waals surface area contributed by atoms with Gasteiger partial charge in [0.25, 0.3) is 0 Å². The molecule has 0 saturated carbocycles. The van der Waals surface area contributed by atoms with Gasteiger partial charge in [0.1, 0.15) is 11.4 Å². The van der Waals surface area contributed by atoms with Crippen molar-refractivity contribution >= 4 is 11.5 Å². The van der Waals surface area contributed by atoms with Gasteiger partial charge in [-0.05, 0) is 24.3 Å². The summed E-state index contributed by atoms with van der Waals surface area (Å²) in [4.78, 5) is 7.76. The number of hydrogen-bond acceptors (Lipinski definition) is 3. The van der Waals surface area contributed by atoms with E-state index in [1.807, 2.05) is 0 Å². The number of aromatic nitrogens is 2. The van der Waals surface area contributed by atoms with Crippen LogP contribution in [0, 0.1) is 0 Å². The first-order valence-electron chi connectivity index (χ1n) is 4.72. The van der Waals surface area contributed by atoms with Crippen LogP contribution < -0.4 is 0 Å². The number of nitrogens with zero attached hydrogens (tertiary/aromatic N) is 2. The molecule has 0 aromatic carbocycles. The molecule has 79 valence electrons. The van der Waals surface area contributed by atoms with Crippen molar-refractivity contribution in [2.24, 2.45) is 0 Å². The molecule has 0 amide bonds. The Labute approximate surface area is 92.6 Å². The molecule has 1 radical (unpaired) electrons. The second kappa shape index (κ2) is 4.44. The molecule has 0 fully saturated rings. The molecule has 4 heteroatoms. The molecule has 0 spiro atoms. The fourth-order valence-electron chi connectivity index (χ4n) is 1.24. The minimum atomic E-state index is -0.528. The van der Waals surface area contributed by atoms with Gasteiger partial charge < -0.3 is 5.11 Å². The molecule has 2 aromatic heterocycles. The monoisotopic (exact) mass is 213 g/mol. The summed E-state index contributed by atoms with van der Waals surface area (Å²) in [7, 11) is 0. The van der Waals surface area contributed by atoms with Gasteiger partial charge >= 0.3 is 0 Å². The fraction of sp³-hybridized carbons (Fsp3) is 0. The topological polar surface area (TPSA) is 65.9 Å². The van der Waals surface area contributed by atoms with Crippen LogP contribution in [0.2, 0.25) is 0 Å². The van der Waals surface area contributed by atoms with Crippen LogP contribution in [-0.2, 0) is 5.11 Å². The van der Waals surface area contributed by atoms with Crippen molar-refractivity contribution in [1.29, 1.82) is 0 Å². The Hall–Kier alpha value is -2.36. The van der Waals surface area contributed by atoms with Gasteiger partial charge in [0, 0.05) is 12.4 Å². The number of aliphatic hydroxyl groups excluding tert-OH is 1. The van der Waals surface area contributed by atoms with Gasteiger partial charge in [0.2, 0.25) is 5.76 Å². The summed E-state index contributed by atoms with van der Waals surface area (Å²) in [6.07, 6.45) is 3.01. The maximum absolute atomic E-state index is 11.8. The Balaban J connectivity index is 2.43. The SMILES string of the molecule is [O]C(=C(O)c1ccccn1)c1ccccn1. The molecule has 0 bridgehead atoms. The summed E-state index contributed by atoms with van der Waals surface area (Å²) in [6, 6.07) is 9.91. The van der Waals surface area contributed by atoms with Gasteiger partial charge in [-0.15, -0.1) is 0 Å². The maximum Gasteiger partial charge on any atom is 0.247 e. The zero-order valence-corrected chi connectivity index (χ0v) is 8.37. The fourth-order valence-corrected chi connectivity index (χ4v) is 1.24. The third-order valence-electron chi connectivity index (χ3n) is 2.02. The lowest BCUT2D eigenvalue weighted by atomic mass is 10.2. The van der Waals surface area contributed by atoms with Crippen molar-refractivity contribution < 1.29 is 10.2 Å². The second-order valence-corrected chi connectivity index (χ2v) is 3.11. The van der Waals surface area contributed by atoms with E-state index >= 15 is 0 Å². The Morgan fingerprint density at radius 1 is 0.938 bits per heavy atom. The molecule has 2 heterocycles. The maximum atomic E-state index is 11.8. The first-order chi connectivity index (χ1) is 7.79. The summed E-state index contributed by atoms with van der Waals surface area (Å²) in [5, 5.41) is 21.5. The summed E-state index contributed by atoms with van der Waals surface area (Å²) in [5.74, 6) is -0.918. The Morgan fingerprint density at radius 3 is 2.00 bits per heavy atom. The van der Waals surface area contributed by atoms with Crippen LogP contribution in [0.1, 0.15) is 11.4 Å². The van der Waals surface area contributed by atoms with E-state index in [4.69, 9.17) is 0 Å². The lowest BCUT2D eigenvalue weighted by Crippen LogP contribution is -1.94. The Bertz CT molecular complexity index is 447. The largest absolute Gasteiger partial charge is 0.503 e. The summed E-state index contributed by atoms with van der Waals surface area (Å²) < 4.78 is 0. The zero-order chi connectivity index (χ0) is 11.4. The second-order valence-electron chi connectivity index (χ2n) is 3.11. The first kappa shape index (κ1) is 10.2. The third-order valence-corrected chi connectivity index (χ3v) is 2.02. The van der Waals surface area contributed by atoms with Crippen molar-refractivity contribution in [2.75, 3.05) is 0 Å². The van der Waals surface area contributed by atoms with E-state index in [2.05, 4.69) is 9.97 Å². The molecule has 4 nitrogen and oxygen atoms in total. The molecule has 0 aliphatic rings. The quantitative estimate of drug-likeness (QED) is 0.778. The first-order valence-corrected chi connectivity index (χ1v) is 4.72. The summed E-state index contributed by atoms with van der Waals surface area (Å²) >= 11 is 0. The highest BCUT2D eigenvalue weighted by atomic mass is 16.3. The van der Waals surface area contributed by atoms with E-state index in [9.17, 15) is 10.2 Å². The number of hydrogen-bond donors (Lipinski definition) is 1. The van der Waals surface area contributed by atoms with Crippen molar-refractivity contribution in [1.82, 2.24) is 9.97 Å². The number of rotatable bonds is 2. The van der Waals surface area contributed by atoms with E-state index in [-0.39, 0.29) is 17.1 Å². The Morgan fingerprint density at radius 2 is 1.50 bits per heavy atom. The average molecular weight is 213 g/mol. The highest BCUT2D eigenvalue weighted by molar-refractivity contribution is 5.79. The predicted octanol–water partition coefficient (Wildman–Crippen LogP) is 2.29. The lowest BCUT2D eigenvalue weighted by molar-refractivity contribution is 0.369. The molecule has 16 heavy (non-hydrogen) atoms. The molecule has 0 saturated heterocycles. The molecular formula is C12H9N2O2. The van der Waals surface area contributed by atoms with Gasteiger partial charge in [0.05, 0.1) is 0 Å². The van der Waals surface area contributed by atoms with E-state index in [1.54, 1.807) is 36.4 Å². The van der Waals surface area contributed by atoms with Gasteiger partial charge in [-0.3, -0.25) is 15.1 Å². The van der Waals surface area contributed by atoms with Crippen LogP contribution in [0.15, 0.2) is 48.8 Å². The van der Waals surface area contributed by atoms with Crippen LogP contribution in [0.4, 0.5) is 0 Å². The molecule has 2 rings (SSSR count). The van der Waals surface area contributed by atoms with Gasteiger partial charge in [0.15, 0.2) is 5.76 Å². The van der Waals surface area contributed by atoms with Crippen LogP contribution >= 0.6 is 0 Å². The zero-order valence-electron chi connectivity index (χ0n) is 8.37. The molecule has 0 unspecified atom stereocenters. The number of aliphatic hydroxyl groups is 1. The van der Waals surface area contributed by atoms with Crippen LogP contribution in [0.25, 0.3) is 11.5 Å². The van der Waals surface area contributed by atoms with Crippen LogP contribution in [0.5, 0.6) is 0 Å². The Kier molecular flexibility index (Phi) is 2.82. The van der Waals surface area contributed by atoms with Gasteiger partial charge in [-0.25, -0.2) is 0 Å². The van der Waals surface area contributed by atoms with E-state index in [0.29, 0.717) is 0 Å². The average Bonchev–Trinajstić information content (AvgIpc) is 2.39. The summed E-state index contributed by atoms with van der Waals surface area (Å²) in [5.41, 5.74) is 0.448. The molecular weight excluding hydrogens is 204 g/mol. The molecule has 0 aliphatic heterocycles.